The number of alkyl halides is 1. The monoisotopic (exact) mass is 286 g/mol. The number of rotatable bonds is 4. The van der Waals surface area contributed by atoms with E-state index in [9.17, 15) is 4.39 Å². The van der Waals surface area contributed by atoms with Crippen LogP contribution in [0.2, 0.25) is 0 Å². The fraction of sp³-hybridized carbons (Fsp3) is 0.571. The second kappa shape index (κ2) is 5.31. The molecule has 0 aliphatic heterocycles. The first-order valence-electron chi connectivity index (χ1n) is 5.69. The summed E-state index contributed by atoms with van der Waals surface area (Å²) < 4.78 is 13.2. The van der Waals surface area contributed by atoms with Crippen molar-refractivity contribution in [2.75, 3.05) is 0 Å². The maximum absolute atomic E-state index is 13.2. The molecular weight excluding hydrogens is 267 g/mol. The van der Waals surface area contributed by atoms with Gasteiger partial charge in [0.05, 0.1) is 0 Å². The Kier molecular flexibility index (Phi) is 4.54. The molecule has 16 heavy (non-hydrogen) atoms. The lowest BCUT2D eigenvalue weighted by molar-refractivity contribution is 0.334. The molecule has 1 atom stereocenters. The molecule has 0 N–H and O–H groups in total. The summed E-state index contributed by atoms with van der Waals surface area (Å²) in [7, 11) is 0. The van der Waals surface area contributed by atoms with Gasteiger partial charge in [-0.05, 0) is 48.4 Å². The van der Waals surface area contributed by atoms with Crippen molar-refractivity contribution in [2.24, 2.45) is 5.41 Å². The molecule has 0 aliphatic carbocycles. The Labute approximate surface area is 106 Å². The third-order valence-corrected chi connectivity index (χ3v) is 3.14. The summed E-state index contributed by atoms with van der Waals surface area (Å²) in [6.07, 6.45) is 2.01. The van der Waals surface area contributed by atoms with Gasteiger partial charge < -0.3 is 0 Å². The Hall–Kier alpha value is -0.370. The molecule has 90 valence electrons. The summed E-state index contributed by atoms with van der Waals surface area (Å²) in [6.45, 7) is 8.66. The molecule has 1 aromatic rings. The Morgan fingerprint density at radius 2 is 2.00 bits per heavy atom. The Morgan fingerprint density at radius 3 is 2.56 bits per heavy atom. The topological polar surface area (TPSA) is 0 Å². The molecule has 0 saturated heterocycles. The van der Waals surface area contributed by atoms with Crippen LogP contribution in [0.3, 0.4) is 0 Å². The van der Waals surface area contributed by atoms with Crippen LogP contribution in [0, 0.1) is 18.2 Å². The normalized spacial score (nSPS) is 13.9. The first kappa shape index (κ1) is 13.7. The standard InChI is InChI=1S/C14H20BrF/c1-10-5-6-13(16)7-12(10)9-14(3,4)8-11(2)15/h5-7,11H,8-9H2,1-4H3. The third-order valence-electron chi connectivity index (χ3n) is 2.81. The molecule has 0 amide bonds. The maximum Gasteiger partial charge on any atom is 0.123 e. The largest absolute Gasteiger partial charge is 0.207 e. The van der Waals surface area contributed by atoms with E-state index in [4.69, 9.17) is 0 Å². The summed E-state index contributed by atoms with van der Waals surface area (Å²) in [5.41, 5.74) is 2.50. The highest BCUT2D eigenvalue weighted by Gasteiger charge is 2.21. The number of halogens is 2. The third kappa shape index (κ3) is 4.25. The van der Waals surface area contributed by atoms with Crippen LogP contribution in [0.25, 0.3) is 0 Å². The molecule has 1 aromatic carbocycles. The highest BCUT2D eigenvalue weighted by atomic mass is 79.9. The lowest BCUT2D eigenvalue weighted by Gasteiger charge is -2.27. The number of hydrogen-bond donors (Lipinski definition) is 0. The molecule has 0 saturated carbocycles. The minimum absolute atomic E-state index is 0.136. The molecule has 0 aliphatic rings. The van der Waals surface area contributed by atoms with Crippen molar-refractivity contribution in [1.29, 1.82) is 0 Å². The van der Waals surface area contributed by atoms with Crippen molar-refractivity contribution in [1.82, 2.24) is 0 Å². The molecule has 0 heterocycles. The van der Waals surface area contributed by atoms with Crippen LogP contribution in [0.15, 0.2) is 18.2 Å². The van der Waals surface area contributed by atoms with Crippen molar-refractivity contribution in [3.05, 3.63) is 35.1 Å². The van der Waals surface area contributed by atoms with Crippen LogP contribution in [0.5, 0.6) is 0 Å². The van der Waals surface area contributed by atoms with Gasteiger partial charge in [0.1, 0.15) is 5.82 Å². The lowest BCUT2D eigenvalue weighted by Crippen LogP contribution is -2.19. The fourth-order valence-electron chi connectivity index (χ4n) is 2.18. The molecule has 1 rings (SSSR count). The number of benzene rings is 1. The molecule has 1 unspecified atom stereocenters. The van der Waals surface area contributed by atoms with E-state index in [0.717, 1.165) is 18.4 Å². The van der Waals surface area contributed by atoms with Crippen LogP contribution in [-0.2, 0) is 6.42 Å². The van der Waals surface area contributed by atoms with Crippen LogP contribution >= 0.6 is 15.9 Å². The maximum atomic E-state index is 13.2. The van der Waals surface area contributed by atoms with Gasteiger partial charge in [-0.25, -0.2) is 4.39 Å². The van der Waals surface area contributed by atoms with Crippen molar-refractivity contribution in [3.8, 4) is 0 Å². The van der Waals surface area contributed by atoms with Gasteiger partial charge in [0, 0.05) is 4.83 Å². The van der Waals surface area contributed by atoms with Crippen molar-refractivity contribution < 1.29 is 4.39 Å². The molecule has 0 bridgehead atoms. The van der Waals surface area contributed by atoms with Crippen LogP contribution in [0.4, 0.5) is 4.39 Å². The Bertz CT molecular complexity index is 356. The van der Waals surface area contributed by atoms with Gasteiger partial charge in [-0.2, -0.15) is 0 Å². The molecule has 0 nitrogen and oxygen atoms in total. The predicted molar refractivity (Wildman–Crippen MR) is 71.6 cm³/mol. The average Bonchev–Trinajstić information content (AvgIpc) is 2.08. The fourth-order valence-corrected chi connectivity index (χ4v) is 3.06. The van der Waals surface area contributed by atoms with Gasteiger partial charge in [-0.15, -0.1) is 0 Å². The van der Waals surface area contributed by atoms with E-state index in [-0.39, 0.29) is 11.2 Å². The van der Waals surface area contributed by atoms with E-state index >= 15 is 0 Å². The highest BCUT2D eigenvalue weighted by Crippen LogP contribution is 2.31. The van der Waals surface area contributed by atoms with Crippen LogP contribution < -0.4 is 0 Å². The van der Waals surface area contributed by atoms with Crippen LogP contribution in [0.1, 0.15) is 38.3 Å². The van der Waals surface area contributed by atoms with Gasteiger partial charge in [0.25, 0.3) is 0 Å². The first-order valence-corrected chi connectivity index (χ1v) is 6.61. The second-order valence-corrected chi connectivity index (χ2v) is 6.96. The molecule has 0 spiro atoms. The summed E-state index contributed by atoms with van der Waals surface area (Å²) in [5.74, 6) is -0.136. The summed E-state index contributed by atoms with van der Waals surface area (Å²) in [6, 6.07) is 5.05. The zero-order valence-electron chi connectivity index (χ0n) is 10.5. The van der Waals surface area contributed by atoms with Gasteiger partial charge in [0.15, 0.2) is 0 Å². The van der Waals surface area contributed by atoms with E-state index in [0.29, 0.717) is 4.83 Å². The lowest BCUT2D eigenvalue weighted by atomic mass is 9.81. The smallest absolute Gasteiger partial charge is 0.123 e. The van der Waals surface area contributed by atoms with Gasteiger partial charge in [0.2, 0.25) is 0 Å². The Balaban J connectivity index is 2.82. The SMILES string of the molecule is Cc1ccc(F)cc1CC(C)(C)CC(C)Br. The van der Waals surface area contributed by atoms with E-state index in [1.807, 2.05) is 13.0 Å². The van der Waals surface area contributed by atoms with Crippen molar-refractivity contribution in [3.63, 3.8) is 0 Å². The predicted octanol–water partition coefficient (Wildman–Crippen LogP) is 4.88. The minimum atomic E-state index is -0.136. The highest BCUT2D eigenvalue weighted by molar-refractivity contribution is 9.09. The summed E-state index contributed by atoms with van der Waals surface area (Å²) in [4.78, 5) is 0.497. The van der Waals surface area contributed by atoms with E-state index in [1.54, 1.807) is 6.07 Å². The molecule has 2 heteroatoms. The minimum Gasteiger partial charge on any atom is -0.207 e. The van der Waals surface area contributed by atoms with Crippen molar-refractivity contribution >= 4 is 15.9 Å². The van der Waals surface area contributed by atoms with Gasteiger partial charge in [-0.3, -0.25) is 0 Å². The zero-order valence-corrected chi connectivity index (χ0v) is 12.1. The summed E-state index contributed by atoms with van der Waals surface area (Å²) >= 11 is 3.58. The van der Waals surface area contributed by atoms with Crippen LogP contribution in [-0.4, -0.2) is 4.83 Å². The van der Waals surface area contributed by atoms with E-state index in [2.05, 4.69) is 36.7 Å². The van der Waals surface area contributed by atoms with E-state index in [1.165, 1.54) is 11.6 Å². The quantitative estimate of drug-likeness (QED) is 0.693. The van der Waals surface area contributed by atoms with Gasteiger partial charge >= 0.3 is 0 Å². The molecule has 0 fully saturated rings. The molecule has 0 aromatic heterocycles. The first-order chi connectivity index (χ1) is 7.30. The van der Waals surface area contributed by atoms with E-state index < -0.39 is 0 Å². The van der Waals surface area contributed by atoms with Crippen molar-refractivity contribution in [2.45, 2.75) is 45.4 Å². The molecular formula is C14H20BrF. The molecule has 0 radical (unpaired) electrons. The second-order valence-electron chi connectivity index (χ2n) is 5.40. The zero-order chi connectivity index (χ0) is 12.3. The Morgan fingerprint density at radius 1 is 1.38 bits per heavy atom. The van der Waals surface area contributed by atoms with Gasteiger partial charge in [-0.1, -0.05) is 42.8 Å². The number of hydrogen-bond acceptors (Lipinski definition) is 0. The summed E-state index contributed by atoms with van der Waals surface area (Å²) in [5, 5.41) is 0. The average molecular weight is 287 g/mol. The number of aryl methyl sites for hydroxylation is 1.